The van der Waals surface area contributed by atoms with Crippen molar-refractivity contribution in [3.63, 3.8) is 0 Å². The minimum Gasteiger partial charge on any atom is -0.481 e. The first-order valence-corrected chi connectivity index (χ1v) is 6.79. The van der Waals surface area contributed by atoms with Crippen LogP contribution < -0.4 is 5.32 Å². The number of carboxylic acid groups (broad SMARTS) is 1. The minimum absolute atomic E-state index is 0.149. The maximum atomic E-state index is 12.0. The molecule has 1 rings (SSSR count). The van der Waals surface area contributed by atoms with Crippen LogP contribution in [0.5, 0.6) is 0 Å². The lowest BCUT2D eigenvalue weighted by Crippen LogP contribution is -2.54. The van der Waals surface area contributed by atoms with Crippen molar-refractivity contribution in [3.8, 4) is 0 Å². The van der Waals surface area contributed by atoms with Gasteiger partial charge in [-0.15, -0.1) is 6.58 Å². The summed E-state index contributed by atoms with van der Waals surface area (Å²) in [4.78, 5) is 24.8. The molecule has 0 radical (unpaired) electrons. The summed E-state index contributed by atoms with van der Waals surface area (Å²) >= 11 is 0. The average Bonchev–Trinajstić information content (AvgIpc) is 2.33. The first-order valence-electron chi connectivity index (χ1n) is 6.79. The smallest absolute Gasteiger partial charge is 0.410 e. The molecule has 1 aliphatic heterocycles. The third kappa shape index (κ3) is 4.85. The van der Waals surface area contributed by atoms with Crippen LogP contribution in [0.2, 0.25) is 0 Å². The third-order valence-corrected chi connectivity index (χ3v) is 3.11. The van der Waals surface area contributed by atoms with E-state index in [-0.39, 0.29) is 12.6 Å². The molecule has 0 aromatic heterocycles. The summed E-state index contributed by atoms with van der Waals surface area (Å²) in [6.45, 7) is 10.2. The Balaban J connectivity index is 2.66. The number of nitrogens with zero attached hydrogens (tertiary/aromatic N) is 1. The lowest BCUT2D eigenvalue weighted by molar-refractivity contribution is -0.144. The van der Waals surface area contributed by atoms with Gasteiger partial charge in [0, 0.05) is 25.7 Å². The molecule has 1 fully saturated rings. The predicted molar refractivity (Wildman–Crippen MR) is 75.5 cm³/mol. The highest BCUT2D eigenvalue weighted by atomic mass is 16.6. The molecule has 114 valence electrons. The van der Waals surface area contributed by atoms with Crippen molar-refractivity contribution in [1.82, 2.24) is 10.2 Å². The van der Waals surface area contributed by atoms with Crippen LogP contribution in [0.25, 0.3) is 0 Å². The van der Waals surface area contributed by atoms with E-state index in [0.717, 1.165) is 0 Å². The summed E-state index contributed by atoms with van der Waals surface area (Å²) in [5.74, 6) is -1.53. The highest BCUT2D eigenvalue weighted by Crippen LogP contribution is 2.20. The highest BCUT2D eigenvalue weighted by Gasteiger charge is 2.37. The van der Waals surface area contributed by atoms with Crippen molar-refractivity contribution in [2.24, 2.45) is 5.92 Å². The minimum atomic E-state index is -0.903. The molecular formula is C14H24N2O4. The molecule has 2 N–H and O–H groups in total. The van der Waals surface area contributed by atoms with Crippen molar-refractivity contribution in [3.05, 3.63) is 12.7 Å². The van der Waals surface area contributed by atoms with E-state index >= 15 is 0 Å². The SMILES string of the molecule is C=CCN[C@@H]1CCN(C(=O)OC(C)(C)C)C[C@@H]1C(=O)O. The molecule has 1 heterocycles. The zero-order valence-corrected chi connectivity index (χ0v) is 12.4. The third-order valence-electron chi connectivity index (χ3n) is 3.11. The molecule has 1 aliphatic rings. The number of rotatable bonds is 4. The van der Waals surface area contributed by atoms with Crippen molar-refractivity contribution in [2.45, 2.75) is 38.8 Å². The molecule has 0 bridgehead atoms. The van der Waals surface area contributed by atoms with E-state index in [4.69, 9.17) is 4.74 Å². The van der Waals surface area contributed by atoms with E-state index in [1.807, 2.05) is 0 Å². The van der Waals surface area contributed by atoms with Gasteiger partial charge in [-0.2, -0.15) is 0 Å². The van der Waals surface area contributed by atoms with E-state index in [2.05, 4.69) is 11.9 Å². The number of amides is 1. The van der Waals surface area contributed by atoms with Gasteiger partial charge in [-0.1, -0.05) is 6.08 Å². The van der Waals surface area contributed by atoms with Gasteiger partial charge >= 0.3 is 12.1 Å². The largest absolute Gasteiger partial charge is 0.481 e. The quantitative estimate of drug-likeness (QED) is 0.764. The molecule has 0 saturated carbocycles. The van der Waals surface area contributed by atoms with Crippen LogP contribution in [0.1, 0.15) is 27.2 Å². The summed E-state index contributed by atoms with van der Waals surface area (Å²) in [6, 6.07) is -0.149. The monoisotopic (exact) mass is 284 g/mol. The van der Waals surface area contributed by atoms with Gasteiger partial charge in [0.15, 0.2) is 0 Å². The Labute approximate surface area is 119 Å². The van der Waals surface area contributed by atoms with Gasteiger partial charge in [-0.05, 0) is 27.2 Å². The van der Waals surface area contributed by atoms with E-state index in [1.54, 1.807) is 26.8 Å². The molecule has 2 atom stereocenters. The average molecular weight is 284 g/mol. The molecule has 0 aromatic rings. The lowest BCUT2D eigenvalue weighted by atomic mass is 9.92. The summed E-state index contributed by atoms with van der Waals surface area (Å²) in [5.41, 5.74) is -0.576. The van der Waals surface area contributed by atoms with E-state index < -0.39 is 23.6 Å². The zero-order valence-electron chi connectivity index (χ0n) is 12.4. The Hall–Kier alpha value is -1.56. The number of carbonyl (C=O) groups is 2. The van der Waals surface area contributed by atoms with E-state index in [1.165, 1.54) is 4.90 Å². The van der Waals surface area contributed by atoms with Gasteiger partial charge in [-0.25, -0.2) is 4.79 Å². The molecule has 0 spiro atoms. The van der Waals surface area contributed by atoms with Gasteiger partial charge < -0.3 is 20.1 Å². The van der Waals surface area contributed by atoms with Crippen LogP contribution in [0.4, 0.5) is 4.79 Å². The van der Waals surface area contributed by atoms with Crippen molar-refractivity contribution in [2.75, 3.05) is 19.6 Å². The fourth-order valence-electron chi connectivity index (χ4n) is 2.17. The highest BCUT2D eigenvalue weighted by molar-refractivity contribution is 5.74. The molecule has 0 aliphatic carbocycles. The summed E-state index contributed by atoms with van der Waals surface area (Å²) in [7, 11) is 0. The lowest BCUT2D eigenvalue weighted by Gasteiger charge is -2.37. The Kier molecular flexibility index (Phi) is 5.56. The second-order valence-corrected chi connectivity index (χ2v) is 5.96. The molecule has 6 nitrogen and oxygen atoms in total. The molecule has 6 heteroatoms. The molecule has 20 heavy (non-hydrogen) atoms. The number of nitrogens with one attached hydrogen (secondary N) is 1. The first-order chi connectivity index (χ1) is 9.24. The summed E-state index contributed by atoms with van der Waals surface area (Å²) in [5, 5.41) is 12.4. The van der Waals surface area contributed by atoms with Gasteiger partial charge in [-0.3, -0.25) is 4.79 Å². The van der Waals surface area contributed by atoms with Crippen LogP contribution in [-0.4, -0.2) is 53.3 Å². The maximum absolute atomic E-state index is 12.0. The predicted octanol–water partition coefficient (Wildman–Crippen LogP) is 1.47. The van der Waals surface area contributed by atoms with Crippen LogP contribution in [0.3, 0.4) is 0 Å². The maximum Gasteiger partial charge on any atom is 0.410 e. The summed E-state index contributed by atoms with van der Waals surface area (Å²) < 4.78 is 5.28. The number of hydrogen-bond acceptors (Lipinski definition) is 4. The standard InChI is InChI=1S/C14H24N2O4/c1-5-7-15-11-6-8-16(9-10(11)12(17)18)13(19)20-14(2,3)4/h5,10-11,15H,1,6-9H2,2-4H3,(H,17,18)/t10-,11+/m0/s1. The number of piperidine rings is 1. The molecule has 1 amide bonds. The number of carboxylic acids is 1. The normalized spacial score (nSPS) is 23.2. The number of ether oxygens (including phenoxy) is 1. The Bertz CT molecular complexity index is 376. The zero-order chi connectivity index (χ0) is 15.3. The molecule has 0 unspecified atom stereocenters. The Morgan fingerprint density at radius 2 is 2.15 bits per heavy atom. The van der Waals surface area contributed by atoms with Crippen molar-refractivity contribution in [1.29, 1.82) is 0 Å². The topological polar surface area (TPSA) is 78.9 Å². The van der Waals surface area contributed by atoms with Gasteiger partial charge in [0.2, 0.25) is 0 Å². The number of hydrogen-bond donors (Lipinski definition) is 2. The number of aliphatic carboxylic acids is 1. The molecule has 0 aromatic carbocycles. The van der Waals surface area contributed by atoms with Crippen LogP contribution in [0, 0.1) is 5.92 Å². The Morgan fingerprint density at radius 1 is 1.50 bits per heavy atom. The molecule has 1 saturated heterocycles. The van der Waals surface area contributed by atoms with Crippen LogP contribution >= 0.6 is 0 Å². The fraction of sp³-hybridized carbons (Fsp3) is 0.714. The van der Waals surface area contributed by atoms with Crippen molar-refractivity contribution < 1.29 is 19.4 Å². The first kappa shape index (κ1) is 16.5. The van der Waals surface area contributed by atoms with Gasteiger partial charge in [0.1, 0.15) is 5.60 Å². The van der Waals surface area contributed by atoms with Crippen LogP contribution in [0.15, 0.2) is 12.7 Å². The summed E-state index contributed by atoms with van der Waals surface area (Å²) in [6.07, 6.45) is 1.83. The second kappa shape index (κ2) is 6.74. The molecular weight excluding hydrogens is 260 g/mol. The van der Waals surface area contributed by atoms with Crippen LogP contribution in [-0.2, 0) is 9.53 Å². The van der Waals surface area contributed by atoms with Gasteiger partial charge in [0.25, 0.3) is 0 Å². The van der Waals surface area contributed by atoms with E-state index in [9.17, 15) is 14.7 Å². The van der Waals surface area contributed by atoms with E-state index in [0.29, 0.717) is 19.5 Å². The number of carbonyl (C=O) groups excluding carboxylic acids is 1. The fourth-order valence-corrected chi connectivity index (χ4v) is 2.17. The van der Waals surface area contributed by atoms with Crippen molar-refractivity contribution >= 4 is 12.1 Å². The van der Waals surface area contributed by atoms with Gasteiger partial charge in [0.05, 0.1) is 5.92 Å². The number of likely N-dealkylation sites (tertiary alicyclic amines) is 1. The Morgan fingerprint density at radius 3 is 2.65 bits per heavy atom. The second-order valence-electron chi connectivity index (χ2n) is 5.96.